The molecule has 3 aromatic rings. The van der Waals surface area contributed by atoms with Crippen molar-refractivity contribution in [3.05, 3.63) is 89.5 Å². The summed E-state index contributed by atoms with van der Waals surface area (Å²) in [5.74, 6) is -0.504. The Hall–Kier alpha value is -4.29. The number of esters is 1. The molecule has 0 unspecified atom stereocenters. The van der Waals surface area contributed by atoms with Crippen LogP contribution in [0.25, 0.3) is 0 Å². The number of aliphatic hydroxyl groups is 1. The van der Waals surface area contributed by atoms with Gasteiger partial charge in [0.1, 0.15) is 11.6 Å². The molecule has 50 heavy (non-hydrogen) atoms. The van der Waals surface area contributed by atoms with Crippen molar-refractivity contribution in [2.75, 3.05) is 29.5 Å². The molecule has 0 aliphatic carbocycles. The molecule has 0 saturated carbocycles. The number of ether oxygens (including phenoxy) is 3. The summed E-state index contributed by atoms with van der Waals surface area (Å²) in [5, 5.41) is 15.3. The van der Waals surface area contributed by atoms with E-state index in [1.54, 1.807) is 18.2 Å². The number of para-hydroxylation sites is 2. The summed E-state index contributed by atoms with van der Waals surface area (Å²) < 4.78 is 18.8. The van der Waals surface area contributed by atoms with Gasteiger partial charge in [-0.3, -0.25) is 19.3 Å². The van der Waals surface area contributed by atoms with Gasteiger partial charge in [0.2, 0.25) is 11.8 Å². The fourth-order valence-corrected chi connectivity index (χ4v) is 6.36. The number of carbonyl (C=O) groups excluding carboxylic acids is 3. The molecule has 3 aromatic carbocycles. The summed E-state index contributed by atoms with van der Waals surface area (Å²) >= 11 is 0. The van der Waals surface area contributed by atoms with Crippen LogP contribution >= 0.6 is 0 Å². The van der Waals surface area contributed by atoms with Crippen LogP contribution in [0.5, 0.6) is 0 Å². The highest BCUT2D eigenvalue weighted by molar-refractivity contribution is 5.94. The molecule has 5 N–H and O–H groups in total. The Labute approximate surface area is 294 Å². The third kappa shape index (κ3) is 10.6. The molecule has 0 radical (unpaired) electrons. The summed E-state index contributed by atoms with van der Waals surface area (Å²) in [5.41, 5.74) is 9.59. The number of likely N-dealkylation sites (tertiary alicyclic amines) is 1. The van der Waals surface area contributed by atoms with E-state index < -0.39 is 11.9 Å². The Morgan fingerprint density at radius 2 is 1.64 bits per heavy atom. The van der Waals surface area contributed by atoms with Gasteiger partial charge in [0, 0.05) is 37.1 Å². The number of unbranched alkanes of at least 4 members (excludes halogenated alkanes) is 1. The first kappa shape index (κ1) is 37.0. The normalized spacial score (nSPS) is 21.0. The van der Waals surface area contributed by atoms with Crippen LogP contribution in [0.4, 0.5) is 17.1 Å². The second-order valence-corrected chi connectivity index (χ2v) is 14.1. The molecule has 2 heterocycles. The summed E-state index contributed by atoms with van der Waals surface area (Å²) in [6.07, 6.45) is 2.65. The van der Waals surface area contributed by atoms with Crippen LogP contribution in [-0.2, 0) is 35.2 Å². The van der Waals surface area contributed by atoms with Gasteiger partial charge in [0.15, 0.2) is 6.29 Å². The Kier molecular flexibility index (Phi) is 12.6. The van der Waals surface area contributed by atoms with E-state index in [0.29, 0.717) is 42.9 Å². The highest BCUT2D eigenvalue weighted by Gasteiger charge is 2.39. The molecule has 5 rings (SSSR count). The first-order valence-corrected chi connectivity index (χ1v) is 17.5. The van der Waals surface area contributed by atoms with Crippen LogP contribution in [-0.4, -0.2) is 58.6 Å². The lowest BCUT2D eigenvalue weighted by Gasteiger charge is -2.38. The SMILES string of the molecule is CC(C)(C)OC(=O)[C@@H]1CCCN1C[C@H]1C[C@@H](c2ccc(CO)cc2)O[C@@H](c2cccc(NC(=O)CCCCC(=O)Nc3ccccc3N)c2)O1. The molecule has 11 nitrogen and oxygen atoms in total. The number of nitrogens with zero attached hydrogens (tertiary/aromatic N) is 1. The predicted molar refractivity (Wildman–Crippen MR) is 192 cm³/mol. The molecule has 0 spiro atoms. The van der Waals surface area contributed by atoms with Gasteiger partial charge in [0.25, 0.3) is 0 Å². The average molecular weight is 687 g/mol. The summed E-state index contributed by atoms with van der Waals surface area (Å²) in [6.45, 7) is 6.92. The Bertz CT molecular complexity index is 1610. The fourth-order valence-electron chi connectivity index (χ4n) is 6.36. The van der Waals surface area contributed by atoms with Crippen LogP contribution in [0.2, 0.25) is 0 Å². The smallest absolute Gasteiger partial charge is 0.323 e. The van der Waals surface area contributed by atoms with E-state index in [9.17, 15) is 19.5 Å². The first-order valence-electron chi connectivity index (χ1n) is 17.5. The maximum atomic E-state index is 13.1. The van der Waals surface area contributed by atoms with E-state index in [0.717, 1.165) is 36.1 Å². The number of amides is 2. The monoisotopic (exact) mass is 686 g/mol. The third-order valence-electron chi connectivity index (χ3n) is 8.83. The minimum Gasteiger partial charge on any atom is -0.459 e. The van der Waals surface area contributed by atoms with Crippen LogP contribution in [0.15, 0.2) is 72.8 Å². The molecule has 0 bridgehead atoms. The van der Waals surface area contributed by atoms with Crippen LogP contribution in [0, 0.1) is 0 Å². The molecule has 2 amide bonds. The number of nitrogens with two attached hydrogens (primary N) is 1. The van der Waals surface area contributed by atoms with E-state index >= 15 is 0 Å². The van der Waals surface area contributed by atoms with E-state index in [1.165, 1.54) is 0 Å². The van der Waals surface area contributed by atoms with Crippen molar-refractivity contribution < 1.29 is 33.7 Å². The Morgan fingerprint density at radius 3 is 2.34 bits per heavy atom. The lowest BCUT2D eigenvalue weighted by Crippen LogP contribution is -2.45. The molecule has 2 aliphatic heterocycles. The standard InChI is InChI=1S/C39H50N4O7/c1-39(2,3)50-37(47)33-14-9-21-43(33)24-30-23-34(27-19-17-26(25-44)18-20-27)49-38(48-30)28-10-8-11-29(22-28)41-35(45)15-6-7-16-36(46)42-32-13-5-4-12-31(32)40/h4-5,8,10-13,17-20,22,30,33-34,38,44H,6-7,9,14-16,21,23-25,40H2,1-3H3,(H,41,45)(H,42,46)/t30-,33+,34+,38+/m1/s1. The number of nitrogens with one attached hydrogen (secondary N) is 2. The molecule has 2 fully saturated rings. The quantitative estimate of drug-likeness (QED) is 0.0929. The van der Waals surface area contributed by atoms with Crippen molar-refractivity contribution in [2.24, 2.45) is 0 Å². The van der Waals surface area contributed by atoms with Crippen molar-refractivity contribution in [1.82, 2.24) is 4.90 Å². The van der Waals surface area contributed by atoms with E-state index in [1.807, 2.05) is 75.4 Å². The molecule has 4 atom stereocenters. The first-order chi connectivity index (χ1) is 24.0. The number of benzene rings is 3. The van der Waals surface area contributed by atoms with E-state index in [-0.39, 0.29) is 55.5 Å². The molecular formula is C39H50N4O7. The van der Waals surface area contributed by atoms with Gasteiger partial charge in [-0.05, 0) is 88.4 Å². The summed E-state index contributed by atoms with van der Waals surface area (Å²) in [7, 11) is 0. The van der Waals surface area contributed by atoms with Crippen molar-refractivity contribution in [2.45, 2.75) is 102 Å². The summed E-state index contributed by atoms with van der Waals surface area (Å²) in [6, 6.07) is 21.9. The molecule has 0 aromatic heterocycles. The number of aliphatic hydroxyl groups excluding tert-OH is 1. The maximum absolute atomic E-state index is 13.1. The van der Waals surface area contributed by atoms with Crippen LogP contribution in [0.1, 0.15) is 94.8 Å². The van der Waals surface area contributed by atoms with Crippen molar-refractivity contribution in [3.8, 4) is 0 Å². The van der Waals surface area contributed by atoms with E-state index in [2.05, 4.69) is 15.5 Å². The van der Waals surface area contributed by atoms with Gasteiger partial charge >= 0.3 is 5.97 Å². The van der Waals surface area contributed by atoms with Gasteiger partial charge in [-0.15, -0.1) is 0 Å². The van der Waals surface area contributed by atoms with Crippen molar-refractivity contribution in [3.63, 3.8) is 0 Å². The Balaban J connectivity index is 1.20. The van der Waals surface area contributed by atoms with Crippen LogP contribution in [0.3, 0.4) is 0 Å². The highest BCUT2D eigenvalue weighted by Crippen LogP contribution is 2.39. The number of hydrogen-bond acceptors (Lipinski definition) is 9. The maximum Gasteiger partial charge on any atom is 0.323 e. The van der Waals surface area contributed by atoms with Gasteiger partial charge < -0.3 is 35.7 Å². The number of anilines is 3. The second-order valence-electron chi connectivity index (χ2n) is 14.1. The zero-order valence-electron chi connectivity index (χ0n) is 29.2. The highest BCUT2D eigenvalue weighted by atomic mass is 16.7. The lowest BCUT2D eigenvalue weighted by molar-refractivity contribution is -0.253. The number of rotatable bonds is 13. The molecular weight excluding hydrogens is 636 g/mol. The number of nitrogen functional groups attached to an aromatic ring is 1. The predicted octanol–water partition coefficient (Wildman–Crippen LogP) is 6.25. The topological polar surface area (TPSA) is 152 Å². The second kappa shape index (κ2) is 17.1. The third-order valence-corrected chi connectivity index (χ3v) is 8.83. The minimum absolute atomic E-state index is 0.0428. The lowest BCUT2D eigenvalue weighted by atomic mass is 9.99. The fraction of sp³-hybridized carbons (Fsp3) is 0.462. The van der Waals surface area contributed by atoms with Gasteiger partial charge in [0.05, 0.1) is 30.2 Å². The van der Waals surface area contributed by atoms with E-state index in [4.69, 9.17) is 19.9 Å². The van der Waals surface area contributed by atoms with Gasteiger partial charge in [-0.1, -0.05) is 48.5 Å². The zero-order valence-corrected chi connectivity index (χ0v) is 29.2. The minimum atomic E-state index is -0.715. The average Bonchev–Trinajstić information content (AvgIpc) is 3.55. The van der Waals surface area contributed by atoms with Crippen molar-refractivity contribution in [1.29, 1.82) is 0 Å². The number of carbonyl (C=O) groups is 3. The van der Waals surface area contributed by atoms with Gasteiger partial charge in [-0.2, -0.15) is 0 Å². The molecule has 268 valence electrons. The van der Waals surface area contributed by atoms with Crippen LogP contribution < -0.4 is 16.4 Å². The largest absolute Gasteiger partial charge is 0.459 e. The molecule has 2 aliphatic rings. The number of hydrogen-bond donors (Lipinski definition) is 4. The molecule has 11 heteroatoms. The molecule has 2 saturated heterocycles. The summed E-state index contributed by atoms with van der Waals surface area (Å²) in [4.78, 5) is 40.4. The zero-order chi connectivity index (χ0) is 35.7. The Morgan fingerprint density at radius 1 is 0.920 bits per heavy atom. The van der Waals surface area contributed by atoms with Crippen molar-refractivity contribution >= 4 is 34.8 Å². The van der Waals surface area contributed by atoms with Gasteiger partial charge in [-0.25, -0.2) is 0 Å².